The maximum Gasteiger partial charge on any atom is 0.258 e. The molecule has 38 heavy (non-hydrogen) atoms. The number of hydrogen-bond acceptors (Lipinski definition) is 5. The molecule has 1 amide bonds. The van der Waals surface area contributed by atoms with Crippen LogP contribution in [0.2, 0.25) is 0 Å². The Hall–Kier alpha value is -2.43. The molecule has 5 rings (SSSR count). The largest absolute Gasteiger partial charge is 0.307 e. The third-order valence-electron chi connectivity index (χ3n) is 8.83. The van der Waals surface area contributed by atoms with Crippen LogP contribution in [0.15, 0.2) is 47.4 Å². The second-order valence-electron chi connectivity index (χ2n) is 12.0. The number of sulfonamides is 2. The third kappa shape index (κ3) is 5.22. The van der Waals surface area contributed by atoms with Crippen LogP contribution in [0.1, 0.15) is 75.2 Å². The van der Waals surface area contributed by atoms with E-state index in [1.54, 1.807) is 23.1 Å². The van der Waals surface area contributed by atoms with Crippen molar-refractivity contribution >= 4 is 37.3 Å². The highest BCUT2D eigenvalue weighted by atomic mass is 32.2. The number of rotatable bonds is 7. The molecule has 1 unspecified atom stereocenters. The van der Waals surface area contributed by atoms with Crippen LogP contribution in [0.4, 0.5) is 11.4 Å². The second-order valence-corrected chi connectivity index (χ2v) is 15.4. The van der Waals surface area contributed by atoms with Gasteiger partial charge < -0.3 is 4.90 Å². The van der Waals surface area contributed by atoms with Crippen LogP contribution in [0.3, 0.4) is 0 Å². The summed E-state index contributed by atoms with van der Waals surface area (Å²) in [4.78, 5) is 15.7. The summed E-state index contributed by atoms with van der Waals surface area (Å²) in [6, 6.07) is 11.3. The van der Waals surface area contributed by atoms with Crippen molar-refractivity contribution in [3.63, 3.8) is 0 Å². The lowest BCUT2D eigenvalue weighted by Crippen LogP contribution is -2.40. The molecule has 2 aliphatic carbocycles. The Morgan fingerprint density at radius 1 is 0.921 bits per heavy atom. The van der Waals surface area contributed by atoms with E-state index in [0.717, 1.165) is 43.2 Å². The van der Waals surface area contributed by atoms with E-state index in [1.807, 2.05) is 32.9 Å². The smallest absolute Gasteiger partial charge is 0.258 e. The molecule has 8 nitrogen and oxygen atoms in total. The number of anilines is 2. The first-order valence-corrected chi connectivity index (χ1v) is 16.7. The van der Waals surface area contributed by atoms with Crippen molar-refractivity contribution < 1.29 is 21.6 Å². The molecule has 1 atom stereocenters. The van der Waals surface area contributed by atoms with Gasteiger partial charge in [-0.05, 0) is 98.7 Å². The Labute approximate surface area is 226 Å². The van der Waals surface area contributed by atoms with E-state index in [9.17, 15) is 21.6 Å². The predicted octanol–water partition coefficient (Wildman–Crippen LogP) is 4.63. The number of nitrogens with one attached hydrogen (secondary N) is 2. The lowest BCUT2D eigenvalue weighted by molar-refractivity contribution is 0.0980. The number of carbonyl (C=O) groups excluding carboxylic acids is 1. The van der Waals surface area contributed by atoms with E-state index < -0.39 is 20.0 Å². The van der Waals surface area contributed by atoms with Gasteiger partial charge in [0.1, 0.15) is 0 Å². The maximum absolute atomic E-state index is 13.9. The molecule has 0 radical (unpaired) electrons. The lowest BCUT2D eigenvalue weighted by atomic mass is 9.66. The van der Waals surface area contributed by atoms with Gasteiger partial charge in [-0.3, -0.25) is 9.52 Å². The minimum Gasteiger partial charge on any atom is -0.307 e. The number of amides is 1. The molecule has 2 saturated carbocycles. The van der Waals surface area contributed by atoms with Crippen LogP contribution in [0.5, 0.6) is 0 Å². The number of benzene rings is 2. The van der Waals surface area contributed by atoms with Crippen LogP contribution in [-0.4, -0.2) is 41.6 Å². The summed E-state index contributed by atoms with van der Waals surface area (Å²) >= 11 is 0. The SMILES string of the molecule is CC(C)C(C)NS(=O)(=O)c1cccc(C(=O)N2CC3(CCC4(CC4)CC3)c3cc(NS(C)(=O)=O)ccc32)c1. The van der Waals surface area contributed by atoms with Gasteiger partial charge in [0.2, 0.25) is 20.0 Å². The molecule has 0 bridgehead atoms. The fourth-order valence-corrected chi connectivity index (χ4v) is 7.88. The normalized spacial score (nSPS) is 20.5. The van der Waals surface area contributed by atoms with Crippen molar-refractivity contribution in [2.45, 2.75) is 75.6 Å². The summed E-state index contributed by atoms with van der Waals surface area (Å²) in [5.41, 5.74) is 2.76. The zero-order valence-corrected chi connectivity index (χ0v) is 24.1. The first kappa shape index (κ1) is 27.1. The first-order chi connectivity index (χ1) is 17.7. The quantitative estimate of drug-likeness (QED) is 0.514. The fraction of sp³-hybridized carbons (Fsp3) is 0.536. The maximum atomic E-state index is 13.9. The highest BCUT2D eigenvalue weighted by Gasteiger charge is 2.53. The predicted molar refractivity (Wildman–Crippen MR) is 149 cm³/mol. The monoisotopic (exact) mass is 559 g/mol. The molecule has 3 aliphatic rings. The number of hydrogen-bond donors (Lipinski definition) is 2. The highest BCUT2D eigenvalue weighted by molar-refractivity contribution is 7.92. The minimum atomic E-state index is -3.79. The van der Waals surface area contributed by atoms with E-state index >= 15 is 0 Å². The summed E-state index contributed by atoms with van der Waals surface area (Å²) in [5.74, 6) is -0.133. The average Bonchev–Trinajstić information content (AvgIpc) is 3.54. The van der Waals surface area contributed by atoms with Crippen molar-refractivity contribution in [2.24, 2.45) is 11.3 Å². The highest BCUT2D eigenvalue weighted by Crippen LogP contribution is 2.62. The molecular weight excluding hydrogens is 522 g/mol. The van der Waals surface area contributed by atoms with E-state index in [1.165, 1.54) is 25.0 Å². The Morgan fingerprint density at radius 3 is 2.18 bits per heavy atom. The van der Waals surface area contributed by atoms with Gasteiger partial charge in [-0.25, -0.2) is 21.6 Å². The van der Waals surface area contributed by atoms with Gasteiger partial charge in [-0.2, -0.15) is 0 Å². The second kappa shape index (κ2) is 9.34. The van der Waals surface area contributed by atoms with Gasteiger partial charge >= 0.3 is 0 Å². The summed E-state index contributed by atoms with van der Waals surface area (Å²) in [7, 11) is -7.23. The number of nitrogens with zero attached hydrogens (tertiary/aromatic N) is 1. The summed E-state index contributed by atoms with van der Waals surface area (Å²) in [5, 5.41) is 0. The Balaban J connectivity index is 1.48. The van der Waals surface area contributed by atoms with Gasteiger partial charge in [-0.1, -0.05) is 19.9 Å². The summed E-state index contributed by atoms with van der Waals surface area (Å²) in [6.07, 6.45) is 7.74. The first-order valence-electron chi connectivity index (χ1n) is 13.3. The van der Waals surface area contributed by atoms with Crippen LogP contribution >= 0.6 is 0 Å². The Morgan fingerprint density at radius 2 is 1.58 bits per heavy atom. The molecule has 206 valence electrons. The van der Waals surface area contributed by atoms with Crippen molar-refractivity contribution in [2.75, 3.05) is 22.4 Å². The molecule has 10 heteroatoms. The van der Waals surface area contributed by atoms with E-state index in [-0.39, 0.29) is 28.2 Å². The van der Waals surface area contributed by atoms with Gasteiger partial charge in [0.05, 0.1) is 11.2 Å². The summed E-state index contributed by atoms with van der Waals surface area (Å²) < 4.78 is 55.1. The fourth-order valence-electron chi connectivity index (χ4n) is 5.89. The van der Waals surface area contributed by atoms with Crippen LogP contribution < -0.4 is 14.3 Å². The molecule has 1 aliphatic heterocycles. The number of carbonyl (C=O) groups is 1. The Kier molecular flexibility index (Phi) is 6.68. The molecule has 2 aromatic carbocycles. The molecule has 2 fully saturated rings. The van der Waals surface area contributed by atoms with E-state index in [0.29, 0.717) is 23.2 Å². The molecular formula is C28H37N3O5S2. The van der Waals surface area contributed by atoms with Gasteiger partial charge in [0.15, 0.2) is 0 Å². The van der Waals surface area contributed by atoms with E-state index in [2.05, 4.69) is 9.44 Å². The van der Waals surface area contributed by atoms with Gasteiger partial charge in [-0.15, -0.1) is 0 Å². The van der Waals surface area contributed by atoms with Crippen molar-refractivity contribution in [3.05, 3.63) is 53.6 Å². The van der Waals surface area contributed by atoms with Crippen LogP contribution in [-0.2, 0) is 25.5 Å². The minimum absolute atomic E-state index is 0.0611. The molecule has 0 aromatic heterocycles. The number of fused-ring (bicyclic) bond motifs is 2. The molecule has 2 spiro atoms. The molecule has 2 aromatic rings. The zero-order valence-electron chi connectivity index (χ0n) is 22.5. The van der Waals surface area contributed by atoms with Gasteiger partial charge in [0.25, 0.3) is 5.91 Å². The van der Waals surface area contributed by atoms with Crippen molar-refractivity contribution in [1.29, 1.82) is 0 Å². The van der Waals surface area contributed by atoms with E-state index in [4.69, 9.17) is 0 Å². The lowest BCUT2D eigenvalue weighted by Gasteiger charge is -2.38. The molecule has 0 saturated heterocycles. The zero-order chi connectivity index (χ0) is 27.5. The summed E-state index contributed by atoms with van der Waals surface area (Å²) in [6.45, 7) is 6.21. The van der Waals surface area contributed by atoms with Crippen LogP contribution in [0.25, 0.3) is 0 Å². The van der Waals surface area contributed by atoms with Gasteiger partial charge in [0, 0.05) is 34.9 Å². The van der Waals surface area contributed by atoms with Crippen molar-refractivity contribution in [1.82, 2.24) is 4.72 Å². The van der Waals surface area contributed by atoms with Crippen molar-refractivity contribution in [3.8, 4) is 0 Å². The molecule has 2 N–H and O–H groups in total. The third-order valence-corrected chi connectivity index (χ3v) is 11.0. The standard InChI is InChI=1S/C28H37N3O5S2/c1-19(2)20(3)29-38(35,36)23-7-5-6-21(16-23)26(32)31-18-28(14-12-27(10-11-27)13-15-28)24-17-22(8-9-25(24)31)30-37(4,33)34/h5-9,16-17,19-20,29-30H,10-15,18H2,1-4H3. The molecule has 1 heterocycles. The van der Waals surface area contributed by atoms with Crippen LogP contribution in [0, 0.1) is 11.3 Å². The topological polar surface area (TPSA) is 113 Å². The Bertz CT molecular complexity index is 1470. The average molecular weight is 560 g/mol.